The van der Waals surface area contributed by atoms with Gasteiger partial charge in [-0.2, -0.15) is 0 Å². The lowest BCUT2D eigenvalue weighted by atomic mass is 10.3. The van der Waals surface area contributed by atoms with Gasteiger partial charge in [-0.25, -0.2) is 9.97 Å². The number of hydrogen-bond acceptors (Lipinski definition) is 2. The Labute approximate surface area is 156 Å². The van der Waals surface area contributed by atoms with Crippen LogP contribution in [0, 0.1) is 0 Å². The van der Waals surface area contributed by atoms with Gasteiger partial charge in [0.25, 0.3) is 0 Å². The molecule has 5 nitrogen and oxygen atoms in total. The van der Waals surface area contributed by atoms with Gasteiger partial charge in [-0.05, 0) is 41.8 Å². The third-order valence-electron chi connectivity index (χ3n) is 4.12. The topological polar surface area (TPSA) is 73.2 Å². The molecular formula is C22H19N5. The van der Waals surface area contributed by atoms with Crippen LogP contribution in [0.15, 0.2) is 97.7 Å². The normalized spacial score (nSPS) is 10.2. The molecule has 132 valence electrons. The van der Waals surface area contributed by atoms with E-state index < -0.39 is 0 Å². The van der Waals surface area contributed by atoms with Crippen molar-refractivity contribution in [2.24, 2.45) is 0 Å². The zero-order chi connectivity index (χ0) is 18.3. The summed E-state index contributed by atoms with van der Waals surface area (Å²) in [5, 5.41) is 1.28. The van der Waals surface area contributed by atoms with Gasteiger partial charge in [0.1, 0.15) is 0 Å². The van der Waals surface area contributed by atoms with Gasteiger partial charge in [-0.1, -0.05) is 42.5 Å². The number of nitrogens with zero attached hydrogens (tertiary/aromatic N) is 2. The summed E-state index contributed by atoms with van der Waals surface area (Å²) >= 11 is 0. The van der Waals surface area contributed by atoms with Gasteiger partial charge < -0.3 is 15.0 Å². The van der Waals surface area contributed by atoms with E-state index in [-0.39, 0.29) is 0 Å². The number of imidazole rings is 2. The number of para-hydroxylation sites is 5. The SMILES string of the molecule is c1ccc2[nH]ccc2c1.c1ccc2[nH]cnc2c1.c1ccc2[nH]cnc2c1. The number of hydrogen-bond donors (Lipinski definition) is 3. The number of H-pyrrole nitrogens is 3. The van der Waals surface area contributed by atoms with Crippen molar-refractivity contribution < 1.29 is 0 Å². The van der Waals surface area contributed by atoms with Gasteiger partial charge in [0.15, 0.2) is 0 Å². The molecule has 0 aliphatic carbocycles. The molecule has 3 heterocycles. The molecular weight excluding hydrogens is 334 g/mol. The lowest BCUT2D eigenvalue weighted by Gasteiger charge is -1.83. The van der Waals surface area contributed by atoms with Crippen LogP contribution in [0.5, 0.6) is 0 Å². The number of nitrogens with one attached hydrogen (secondary N) is 3. The molecule has 3 N–H and O–H groups in total. The van der Waals surface area contributed by atoms with Crippen LogP contribution in [0.25, 0.3) is 33.0 Å². The quantitative estimate of drug-likeness (QED) is 0.347. The Hall–Kier alpha value is -3.86. The second-order valence-corrected chi connectivity index (χ2v) is 5.90. The molecule has 27 heavy (non-hydrogen) atoms. The van der Waals surface area contributed by atoms with E-state index in [2.05, 4.69) is 43.1 Å². The molecule has 0 fully saturated rings. The van der Waals surface area contributed by atoms with E-state index in [1.165, 1.54) is 10.9 Å². The fraction of sp³-hybridized carbons (Fsp3) is 0. The minimum Gasteiger partial charge on any atom is -0.361 e. The third kappa shape index (κ3) is 4.04. The fourth-order valence-corrected chi connectivity index (χ4v) is 2.75. The molecule has 5 heteroatoms. The van der Waals surface area contributed by atoms with E-state index in [0.717, 1.165) is 22.1 Å². The lowest BCUT2D eigenvalue weighted by Crippen LogP contribution is -1.63. The van der Waals surface area contributed by atoms with Crippen LogP contribution in [0.2, 0.25) is 0 Å². The maximum Gasteiger partial charge on any atom is 0.0931 e. The molecule has 3 aromatic carbocycles. The van der Waals surface area contributed by atoms with Crippen molar-refractivity contribution in [3.05, 3.63) is 97.7 Å². The van der Waals surface area contributed by atoms with Crippen LogP contribution in [-0.2, 0) is 0 Å². The van der Waals surface area contributed by atoms with Crippen LogP contribution in [-0.4, -0.2) is 24.9 Å². The predicted octanol–water partition coefficient (Wildman–Crippen LogP) is 5.29. The molecule has 0 saturated carbocycles. The highest BCUT2D eigenvalue weighted by Gasteiger charge is 1.89. The van der Waals surface area contributed by atoms with E-state index in [9.17, 15) is 0 Å². The maximum atomic E-state index is 4.06. The molecule has 0 aliphatic rings. The number of fused-ring (bicyclic) bond motifs is 3. The summed E-state index contributed by atoms with van der Waals surface area (Å²) in [6, 6.07) is 26.2. The molecule has 0 aliphatic heterocycles. The van der Waals surface area contributed by atoms with Crippen molar-refractivity contribution in [1.29, 1.82) is 0 Å². The van der Waals surface area contributed by atoms with Crippen molar-refractivity contribution >= 4 is 33.0 Å². The second-order valence-electron chi connectivity index (χ2n) is 5.90. The first-order valence-corrected chi connectivity index (χ1v) is 8.68. The lowest BCUT2D eigenvalue weighted by molar-refractivity contribution is 1.34. The van der Waals surface area contributed by atoms with Crippen molar-refractivity contribution in [2.75, 3.05) is 0 Å². The Morgan fingerprint density at radius 1 is 0.481 bits per heavy atom. The van der Waals surface area contributed by atoms with Crippen LogP contribution in [0.4, 0.5) is 0 Å². The van der Waals surface area contributed by atoms with Crippen LogP contribution < -0.4 is 0 Å². The highest BCUT2D eigenvalue weighted by molar-refractivity contribution is 5.78. The number of rotatable bonds is 0. The highest BCUT2D eigenvalue weighted by Crippen LogP contribution is 2.09. The molecule has 0 unspecified atom stereocenters. The summed E-state index contributed by atoms with van der Waals surface area (Å²) in [4.78, 5) is 17.3. The second kappa shape index (κ2) is 8.01. The van der Waals surface area contributed by atoms with Gasteiger partial charge >= 0.3 is 0 Å². The van der Waals surface area contributed by atoms with E-state index in [0.29, 0.717) is 0 Å². The standard InChI is InChI=1S/C8H7N.2C7H6N2/c1-2-4-8-7(3-1)5-6-9-8;2*1-2-4-7-6(3-1)8-5-9-7/h1-6,9H;2*1-5H,(H,8,9). The van der Waals surface area contributed by atoms with Crippen molar-refractivity contribution in [1.82, 2.24) is 24.9 Å². The zero-order valence-electron chi connectivity index (χ0n) is 14.6. The van der Waals surface area contributed by atoms with Crippen LogP contribution in [0.1, 0.15) is 0 Å². The minimum atomic E-state index is 1.03. The molecule has 0 bridgehead atoms. The van der Waals surface area contributed by atoms with E-state index in [4.69, 9.17) is 0 Å². The summed E-state index contributed by atoms with van der Waals surface area (Å²) in [5.74, 6) is 0. The Balaban J connectivity index is 0.0000001000. The number of benzene rings is 3. The first-order valence-electron chi connectivity index (χ1n) is 8.68. The number of aromatic nitrogens is 5. The van der Waals surface area contributed by atoms with E-state index in [1.807, 2.05) is 66.9 Å². The molecule has 0 radical (unpaired) electrons. The minimum absolute atomic E-state index is 1.03. The average molecular weight is 353 g/mol. The average Bonchev–Trinajstić information content (AvgIpc) is 3.48. The van der Waals surface area contributed by atoms with Gasteiger partial charge in [-0.15, -0.1) is 0 Å². The summed E-state index contributed by atoms with van der Waals surface area (Å²) < 4.78 is 0. The summed E-state index contributed by atoms with van der Waals surface area (Å²) in [6.45, 7) is 0. The van der Waals surface area contributed by atoms with E-state index >= 15 is 0 Å². The monoisotopic (exact) mass is 353 g/mol. The third-order valence-corrected chi connectivity index (χ3v) is 4.12. The molecule has 0 spiro atoms. The summed E-state index contributed by atoms with van der Waals surface area (Å²) in [5.41, 5.74) is 5.45. The largest absolute Gasteiger partial charge is 0.361 e. The van der Waals surface area contributed by atoms with Crippen LogP contribution in [0.3, 0.4) is 0 Å². The smallest absolute Gasteiger partial charge is 0.0931 e. The first kappa shape index (κ1) is 16.6. The molecule has 6 rings (SSSR count). The van der Waals surface area contributed by atoms with Crippen molar-refractivity contribution in [2.45, 2.75) is 0 Å². The van der Waals surface area contributed by atoms with Gasteiger partial charge in [0.2, 0.25) is 0 Å². The molecule has 0 amide bonds. The first-order chi connectivity index (χ1) is 13.4. The Kier molecular flexibility index (Phi) is 4.93. The maximum absolute atomic E-state index is 4.06. The van der Waals surface area contributed by atoms with Gasteiger partial charge in [-0.3, -0.25) is 0 Å². The highest BCUT2D eigenvalue weighted by atomic mass is 14.9. The zero-order valence-corrected chi connectivity index (χ0v) is 14.6. The van der Waals surface area contributed by atoms with E-state index in [1.54, 1.807) is 12.7 Å². The number of aromatic amines is 3. The molecule has 6 aromatic rings. The predicted molar refractivity (Wildman–Crippen MR) is 110 cm³/mol. The Morgan fingerprint density at radius 2 is 1.00 bits per heavy atom. The molecule has 0 saturated heterocycles. The Bertz CT molecular complexity index is 998. The van der Waals surface area contributed by atoms with Crippen molar-refractivity contribution in [3.63, 3.8) is 0 Å². The molecule has 0 atom stereocenters. The van der Waals surface area contributed by atoms with Crippen LogP contribution >= 0.6 is 0 Å². The Morgan fingerprint density at radius 3 is 1.56 bits per heavy atom. The molecule has 3 aromatic heterocycles. The van der Waals surface area contributed by atoms with Gasteiger partial charge in [0, 0.05) is 11.7 Å². The fourth-order valence-electron chi connectivity index (χ4n) is 2.75. The summed E-state index contributed by atoms with van der Waals surface area (Å²) in [7, 11) is 0. The van der Waals surface area contributed by atoms with Crippen molar-refractivity contribution in [3.8, 4) is 0 Å². The summed E-state index contributed by atoms with van der Waals surface area (Å²) in [6.07, 6.45) is 5.35. The van der Waals surface area contributed by atoms with Gasteiger partial charge in [0.05, 0.1) is 34.7 Å².